The van der Waals surface area contributed by atoms with Crippen LogP contribution in [0.5, 0.6) is 0 Å². The first-order valence-corrected chi connectivity index (χ1v) is 21.9. The van der Waals surface area contributed by atoms with Gasteiger partial charge in [0.05, 0.1) is 0 Å². The minimum atomic E-state index is -0.757. The highest BCUT2D eigenvalue weighted by Crippen LogP contribution is 2.17. The van der Waals surface area contributed by atoms with E-state index >= 15 is 0 Å². The molecule has 1 unspecified atom stereocenters. The van der Waals surface area contributed by atoms with E-state index in [1.165, 1.54) is 128 Å². The fourth-order valence-electron chi connectivity index (χ4n) is 6.42. The smallest absolute Gasteiger partial charge is 0.306 e. The van der Waals surface area contributed by atoms with Crippen LogP contribution < -0.4 is 0 Å². The van der Waals surface area contributed by atoms with Gasteiger partial charge < -0.3 is 14.2 Å². The zero-order valence-corrected chi connectivity index (χ0v) is 33.9. The molecule has 0 spiro atoms. The van der Waals surface area contributed by atoms with Gasteiger partial charge in [-0.3, -0.25) is 14.4 Å². The van der Waals surface area contributed by atoms with E-state index in [1.54, 1.807) is 0 Å². The second-order valence-corrected chi connectivity index (χ2v) is 15.2. The summed E-state index contributed by atoms with van der Waals surface area (Å²) in [5.74, 6) is -0.0269. The number of hydrogen-bond acceptors (Lipinski definition) is 6. The predicted octanol–water partition coefficient (Wildman–Crippen LogP) is 13.6. The molecule has 296 valence electrons. The molecule has 0 aliphatic carbocycles. The molecule has 50 heavy (non-hydrogen) atoms. The molecule has 6 nitrogen and oxygen atoms in total. The fraction of sp³-hybridized carbons (Fsp3) is 0.932. The summed E-state index contributed by atoms with van der Waals surface area (Å²) < 4.78 is 16.6. The Morgan fingerprint density at radius 3 is 1.04 bits per heavy atom. The van der Waals surface area contributed by atoms with Crippen molar-refractivity contribution in [2.45, 2.75) is 246 Å². The average molecular weight is 709 g/mol. The van der Waals surface area contributed by atoms with Gasteiger partial charge in [-0.05, 0) is 25.2 Å². The first kappa shape index (κ1) is 48.4. The summed E-state index contributed by atoms with van der Waals surface area (Å²) in [6.07, 6.45) is 36.8. The van der Waals surface area contributed by atoms with Gasteiger partial charge in [0.1, 0.15) is 13.2 Å². The molecule has 2 atom stereocenters. The highest BCUT2D eigenvalue weighted by molar-refractivity contribution is 5.71. The minimum Gasteiger partial charge on any atom is -0.462 e. The molecule has 6 heteroatoms. The van der Waals surface area contributed by atoms with E-state index in [0.29, 0.717) is 19.3 Å². The quantitative estimate of drug-likeness (QED) is 0.0359. The molecule has 0 aliphatic heterocycles. The lowest BCUT2D eigenvalue weighted by Gasteiger charge is -2.18. The summed E-state index contributed by atoms with van der Waals surface area (Å²) >= 11 is 0. The first-order chi connectivity index (χ1) is 24.4. The summed E-state index contributed by atoms with van der Waals surface area (Å²) in [5, 5.41) is 0. The highest BCUT2D eigenvalue weighted by atomic mass is 16.6. The maximum Gasteiger partial charge on any atom is 0.306 e. The Morgan fingerprint density at radius 1 is 0.400 bits per heavy atom. The molecule has 0 aromatic heterocycles. The van der Waals surface area contributed by atoms with Gasteiger partial charge in [-0.15, -0.1) is 0 Å². The Labute approximate surface area is 310 Å². The lowest BCUT2D eigenvalue weighted by Crippen LogP contribution is -2.30. The molecule has 0 aliphatic rings. The van der Waals surface area contributed by atoms with E-state index in [4.69, 9.17) is 14.2 Å². The maximum atomic E-state index is 12.6. The van der Waals surface area contributed by atoms with Gasteiger partial charge in [0.25, 0.3) is 0 Å². The number of rotatable bonds is 39. The molecule has 0 saturated heterocycles. The topological polar surface area (TPSA) is 78.9 Å². The number of unbranched alkanes of at least 4 members (excludes halogenated alkanes) is 25. The van der Waals surface area contributed by atoms with Crippen molar-refractivity contribution in [1.29, 1.82) is 0 Å². The Hall–Kier alpha value is -1.59. The molecule has 0 fully saturated rings. The summed E-state index contributed by atoms with van der Waals surface area (Å²) in [7, 11) is 0. The highest BCUT2D eigenvalue weighted by Gasteiger charge is 2.19. The second-order valence-electron chi connectivity index (χ2n) is 15.2. The van der Waals surface area contributed by atoms with Gasteiger partial charge in [-0.25, -0.2) is 0 Å². The molecular formula is C44H84O6. The second kappa shape index (κ2) is 38.6. The van der Waals surface area contributed by atoms with Gasteiger partial charge in [-0.2, -0.15) is 0 Å². The van der Waals surface area contributed by atoms with Crippen molar-refractivity contribution in [2.75, 3.05) is 13.2 Å². The van der Waals surface area contributed by atoms with Crippen molar-refractivity contribution in [3.63, 3.8) is 0 Å². The van der Waals surface area contributed by atoms with Crippen LogP contribution in [0.4, 0.5) is 0 Å². The van der Waals surface area contributed by atoms with Crippen LogP contribution in [0.1, 0.15) is 240 Å². The lowest BCUT2D eigenvalue weighted by molar-refractivity contribution is -0.167. The van der Waals surface area contributed by atoms with Crippen molar-refractivity contribution in [2.24, 2.45) is 5.92 Å². The van der Waals surface area contributed by atoms with Crippen LogP contribution in [0.2, 0.25) is 0 Å². The zero-order valence-electron chi connectivity index (χ0n) is 33.9. The monoisotopic (exact) mass is 709 g/mol. The molecule has 0 amide bonds. The predicted molar refractivity (Wildman–Crippen MR) is 210 cm³/mol. The summed E-state index contributed by atoms with van der Waals surface area (Å²) in [5.41, 5.74) is 0. The summed E-state index contributed by atoms with van der Waals surface area (Å²) in [6, 6.07) is 0. The Kier molecular flexibility index (Phi) is 37.4. The number of esters is 3. The maximum absolute atomic E-state index is 12.6. The van der Waals surface area contributed by atoms with Gasteiger partial charge in [0.2, 0.25) is 0 Å². The summed E-state index contributed by atoms with van der Waals surface area (Å²) in [6.45, 7) is 8.91. The van der Waals surface area contributed by atoms with Crippen LogP contribution >= 0.6 is 0 Å². The molecule has 0 aromatic rings. The van der Waals surface area contributed by atoms with Crippen LogP contribution in [-0.2, 0) is 28.6 Å². The van der Waals surface area contributed by atoms with Crippen molar-refractivity contribution in [1.82, 2.24) is 0 Å². The van der Waals surface area contributed by atoms with Crippen molar-refractivity contribution >= 4 is 17.9 Å². The summed E-state index contributed by atoms with van der Waals surface area (Å²) in [4.78, 5) is 37.4. The Balaban J connectivity index is 4.20. The van der Waals surface area contributed by atoms with Crippen LogP contribution in [-0.4, -0.2) is 37.2 Å². The molecule has 0 saturated carbocycles. The molecule has 0 N–H and O–H groups in total. The van der Waals surface area contributed by atoms with Gasteiger partial charge >= 0.3 is 17.9 Å². The standard InChI is InChI=1S/C44H84O6/c1-5-8-10-12-13-14-15-16-17-18-19-20-24-28-32-36-43(46)49-39-41(38-48-42(45)35-31-26-11-9-6-2)50-44(47)37-33-29-25-22-21-23-27-30-34-40(4)7-3/h40-41H,5-39H2,1-4H3/t40?,41-/m0/s1. The lowest BCUT2D eigenvalue weighted by atomic mass is 9.99. The Morgan fingerprint density at radius 2 is 0.700 bits per heavy atom. The molecule has 0 radical (unpaired) electrons. The van der Waals surface area contributed by atoms with E-state index in [0.717, 1.165) is 70.1 Å². The van der Waals surface area contributed by atoms with Crippen LogP contribution in [0.3, 0.4) is 0 Å². The van der Waals surface area contributed by atoms with Crippen molar-refractivity contribution < 1.29 is 28.6 Å². The Bertz CT molecular complexity index is 753. The largest absolute Gasteiger partial charge is 0.462 e. The van der Waals surface area contributed by atoms with Crippen LogP contribution in [0.15, 0.2) is 0 Å². The SMILES string of the molecule is CCCCCCCCCCCCCCCCCC(=O)OC[C@H](COC(=O)CCCCCCC)OC(=O)CCCCCCCCCCC(C)CC. The average Bonchev–Trinajstić information content (AvgIpc) is 3.11. The van der Waals surface area contributed by atoms with Gasteiger partial charge in [0, 0.05) is 19.3 Å². The van der Waals surface area contributed by atoms with Gasteiger partial charge in [-0.1, -0.05) is 201 Å². The number of hydrogen-bond donors (Lipinski definition) is 0. The molecule has 0 rings (SSSR count). The third-order valence-corrected chi connectivity index (χ3v) is 10.2. The normalized spacial score (nSPS) is 12.5. The molecular weight excluding hydrogens is 624 g/mol. The van der Waals surface area contributed by atoms with Crippen LogP contribution in [0.25, 0.3) is 0 Å². The molecule has 0 heterocycles. The first-order valence-electron chi connectivity index (χ1n) is 21.9. The number of carbonyl (C=O) groups excluding carboxylic acids is 3. The van der Waals surface area contributed by atoms with Crippen molar-refractivity contribution in [3.8, 4) is 0 Å². The molecule has 0 bridgehead atoms. The number of ether oxygens (including phenoxy) is 3. The third kappa shape index (κ3) is 36.2. The van der Waals surface area contributed by atoms with E-state index < -0.39 is 6.10 Å². The van der Waals surface area contributed by atoms with E-state index in [9.17, 15) is 14.4 Å². The minimum absolute atomic E-state index is 0.0653. The van der Waals surface area contributed by atoms with E-state index in [1.807, 2.05) is 0 Å². The zero-order chi connectivity index (χ0) is 36.8. The van der Waals surface area contributed by atoms with E-state index in [-0.39, 0.29) is 31.1 Å². The van der Waals surface area contributed by atoms with Crippen molar-refractivity contribution in [3.05, 3.63) is 0 Å². The molecule has 0 aromatic carbocycles. The van der Waals surface area contributed by atoms with Gasteiger partial charge in [0.15, 0.2) is 6.10 Å². The number of carbonyl (C=O) groups is 3. The van der Waals surface area contributed by atoms with Crippen LogP contribution in [0, 0.1) is 5.92 Å². The fourth-order valence-corrected chi connectivity index (χ4v) is 6.42. The third-order valence-electron chi connectivity index (χ3n) is 10.2. The van der Waals surface area contributed by atoms with E-state index in [2.05, 4.69) is 27.7 Å².